The first-order valence-corrected chi connectivity index (χ1v) is 4.29. The molecular formula is C6H6N2O4S. The highest BCUT2D eigenvalue weighted by atomic mass is 32.2. The van der Waals surface area contributed by atoms with E-state index in [4.69, 9.17) is 4.55 Å². The SMILES string of the molecule is O=[N+]([O-])N(c1ccccc1)S(=O)O. The van der Waals surface area contributed by atoms with Crippen molar-refractivity contribution in [1.29, 1.82) is 0 Å². The summed E-state index contributed by atoms with van der Waals surface area (Å²) < 4.78 is 19.3. The molecule has 0 bridgehead atoms. The van der Waals surface area contributed by atoms with Crippen LogP contribution in [0.25, 0.3) is 0 Å². The maximum absolute atomic E-state index is 10.5. The second-order valence-corrected chi connectivity index (χ2v) is 2.88. The molecule has 1 N–H and O–H groups in total. The molecule has 1 atom stereocenters. The van der Waals surface area contributed by atoms with E-state index in [1.807, 2.05) is 0 Å². The van der Waals surface area contributed by atoms with Crippen LogP contribution >= 0.6 is 0 Å². The molecule has 0 aliphatic heterocycles. The van der Waals surface area contributed by atoms with Crippen molar-refractivity contribution in [3.8, 4) is 0 Å². The van der Waals surface area contributed by atoms with Crippen molar-refractivity contribution in [2.75, 3.05) is 4.41 Å². The maximum atomic E-state index is 10.5. The van der Waals surface area contributed by atoms with E-state index < -0.39 is 16.3 Å². The van der Waals surface area contributed by atoms with Crippen LogP contribution in [-0.4, -0.2) is 13.8 Å². The number of hydrogen-bond donors (Lipinski definition) is 1. The summed E-state index contributed by atoms with van der Waals surface area (Å²) in [5.41, 5.74) is 0.0633. The van der Waals surface area contributed by atoms with E-state index in [0.29, 0.717) is 0 Å². The van der Waals surface area contributed by atoms with E-state index >= 15 is 0 Å². The van der Waals surface area contributed by atoms with Gasteiger partial charge in [-0.25, -0.2) is 10.1 Å². The molecule has 6 nitrogen and oxygen atoms in total. The molecule has 0 aliphatic carbocycles. The number of hydrogen-bond acceptors (Lipinski definition) is 3. The predicted octanol–water partition coefficient (Wildman–Crippen LogP) is 0.821. The standard InChI is InChI=1S/C6H6N2O4S/c9-8(10)7(13(11)12)6-4-2-1-3-5-6/h1-5H,(H,11,12). The van der Waals surface area contributed by atoms with Crippen LogP contribution in [0.3, 0.4) is 0 Å². The minimum atomic E-state index is -2.65. The van der Waals surface area contributed by atoms with Crippen LogP contribution in [0.15, 0.2) is 30.3 Å². The summed E-state index contributed by atoms with van der Waals surface area (Å²) in [5, 5.41) is 9.38. The summed E-state index contributed by atoms with van der Waals surface area (Å²) in [7, 11) is 0. The lowest BCUT2D eigenvalue weighted by Gasteiger charge is -2.07. The Morgan fingerprint density at radius 1 is 1.38 bits per heavy atom. The van der Waals surface area contributed by atoms with Crippen LogP contribution < -0.4 is 4.41 Å². The molecular weight excluding hydrogens is 196 g/mol. The van der Waals surface area contributed by atoms with Gasteiger partial charge < -0.3 is 0 Å². The number of hydrazine groups is 1. The fraction of sp³-hybridized carbons (Fsp3) is 0. The first-order chi connectivity index (χ1) is 6.13. The number of rotatable bonds is 3. The quantitative estimate of drug-likeness (QED) is 0.446. The molecule has 0 radical (unpaired) electrons. The summed E-state index contributed by atoms with van der Waals surface area (Å²) in [6.45, 7) is 0. The summed E-state index contributed by atoms with van der Waals surface area (Å²) >= 11 is -2.65. The van der Waals surface area contributed by atoms with E-state index in [1.54, 1.807) is 18.2 Å². The molecule has 1 unspecified atom stereocenters. The third kappa shape index (κ3) is 2.23. The van der Waals surface area contributed by atoms with Crippen LogP contribution in [-0.2, 0) is 11.3 Å². The summed E-state index contributed by atoms with van der Waals surface area (Å²) in [6, 6.07) is 7.48. The molecule has 70 valence electrons. The van der Waals surface area contributed by atoms with Gasteiger partial charge in [0.05, 0.1) is 0 Å². The van der Waals surface area contributed by atoms with Crippen molar-refractivity contribution in [2.45, 2.75) is 0 Å². The van der Waals surface area contributed by atoms with Crippen LogP contribution in [0.4, 0.5) is 5.69 Å². The second-order valence-electron chi connectivity index (χ2n) is 2.08. The van der Waals surface area contributed by atoms with E-state index in [-0.39, 0.29) is 10.1 Å². The summed E-state index contributed by atoms with van der Waals surface area (Å²) in [4.78, 5) is 10.3. The van der Waals surface area contributed by atoms with Gasteiger partial charge in [0.2, 0.25) is 0 Å². The molecule has 7 heteroatoms. The third-order valence-electron chi connectivity index (χ3n) is 1.27. The van der Waals surface area contributed by atoms with Crippen molar-refractivity contribution in [3.63, 3.8) is 0 Å². The topological polar surface area (TPSA) is 83.7 Å². The average Bonchev–Trinajstić information content (AvgIpc) is 2.04. The summed E-state index contributed by atoms with van der Waals surface area (Å²) in [6.07, 6.45) is 0. The molecule has 0 fully saturated rings. The largest absolute Gasteiger partial charge is 0.322 e. The molecule has 0 amide bonds. The van der Waals surface area contributed by atoms with E-state index in [0.717, 1.165) is 0 Å². The number of para-hydroxylation sites is 1. The fourth-order valence-electron chi connectivity index (χ4n) is 0.797. The smallest absolute Gasteiger partial charge is 0.285 e. The highest BCUT2D eigenvalue weighted by Gasteiger charge is 2.23. The predicted molar refractivity (Wildman–Crippen MR) is 46.7 cm³/mol. The lowest BCUT2D eigenvalue weighted by atomic mass is 10.3. The molecule has 0 aromatic heterocycles. The number of nitro groups is 1. The van der Waals surface area contributed by atoms with Gasteiger partial charge in [0.15, 0.2) is 5.03 Å². The van der Waals surface area contributed by atoms with Gasteiger partial charge in [-0.1, -0.05) is 18.2 Å². The zero-order chi connectivity index (χ0) is 9.84. The lowest BCUT2D eigenvalue weighted by molar-refractivity contribution is -0.474. The van der Waals surface area contributed by atoms with Crippen molar-refractivity contribution in [3.05, 3.63) is 40.4 Å². The Balaban J connectivity index is 3.03. The van der Waals surface area contributed by atoms with Crippen LogP contribution in [0.1, 0.15) is 0 Å². The Hall–Kier alpha value is -1.47. The molecule has 0 heterocycles. The molecule has 13 heavy (non-hydrogen) atoms. The third-order valence-corrected chi connectivity index (χ3v) is 1.91. The van der Waals surface area contributed by atoms with Crippen molar-refractivity contribution in [1.82, 2.24) is 0 Å². The Morgan fingerprint density at radius 3 is 2.31 bits per heavy atom. The Morgan fingerprint density at radius 2 is 1.92 bits per heavy atom. The van der Waals surface area contributed by atoms with Crippen molar-refractivity contribution >= 4 is 17.0 Å². The molecule has 0 saturated heterocycles. The van der Waals surface area contributed by atoms with Gasteiger partial charge in [-0.3, -0.25) is 4.55 Å². The van der Waals surface area contributed by atoms with Gasteiger partial charge in [0, 0.05) is 4.41 Å². The van der Waals surface area contributed by atoms with E-state index in [9.17, 15) is 14.3 Å². The first kappa shape index (κ1) is 9.62. The van der Waals surface area contributed by atoms with Crippen LogP contribution in [0, 0.1) is 10.1 Å². The molecule has 0 saturated carbocycles. The first-order valence-electron chi connectivity index (χ1n) is 3.23. The highest BCUT2D eigenvalue weighted by Crippen LogP contribution is 2.13. The van der Waals surface area contributed by atoms with Gasteiger partial charge in [-0.15, -0.1) is 0 Å². The Labute approximate surface area is 76.3 Å². The maximum Gasteiger partial charge on any atom is 0.322 e. The zero-order valence-electron chi connectivity index (χ0n) is 6.36. The van der Waals surface area contributed by atoms with Gasteiger partial charge in [0.1, 0.15) is 5.69 Å². The summed E-state index contributed by atoms with van der Waals surface area (Å²) in [5.74, 6) is 0. The lowest BCUT2D eigenvalue weighted by Crippen LogP contribution is -2.31. The Kier molecular flexibility index (Phi) is 2.93. The van der Waals surface area contributed by atoms with E-state index in [2.05, 4.69) is 0 Å². The molecule has 0 aliphatic rings. The van der Waals surface area contributed by atoms with Crippen LogP contribution in [0.2, 0.25) is 0 Å². The highest BCUT2D eigenvalue weighted by molar-refractivity contribution is 7.80. The van der Waals surface area contributed by atoms with Gasteiger partial charge in [0.25, 0.3) is 0 Å². The number of anilines is 1. The van der Waals surface area contributed by atoms with Crippen molar-refractivity contribution in [2.24, 2.45) is 0 Å². The minimum absolute atomic E-state index is 0.0633. The molecule has 0 spiro atoms. The van der Waals surface area contributed by atoms with Gasteiger partial charge in [-0.05, 0) is 12.1 Å². The molecule has 1 aromatic rings. The van der Waals surface area contributed by atoms with Gasteiger partial charge >= 0.3 is 11.3 Å². The van der Waals surface area contributed by atoms with Crippen molar-refractivity contribution < 1.29 is 13.8 Å². The monoisotopic (exact) mass is 202 g/mol. The second kappa shape index (κ2) is 3.97. The average molecular weight is 202 g/mol. The zero-order valence-corrected chi connectivity index (χ0v) is 7.18. The van der Waals surface area contributed by atoms with Crippen LogP contribution in [0.5, 0.6) is 0 Å². The fourth-order valence-corrected chi connectivity index (χ4v) is 1.21. The molecule has 1 rings (SSSR count). The van der Waals surface area contributed by atoms with Gasteiger partial charge in [-0.2, -0.15) is 4.21 Å². The minimum Gasteiger partial charge on any atom is -0.285 e. The number of nitrogens with zero attached hydrogens (tertiary/aromatic N) is 2. The number of benzene rings is 1. The Bertz CT molecular complexity index is 315. The molecule has 1 aromatic carbocycles. The normalized spacial score (nSPS) is 12.1. The van der Waals surface area contributed by atoms with E-state index in [1.165, 1.54) is 12.1 Å².